The largest absolute Gasteiger partial charge is 0.489 e. The van der Waals surface area contributed by atoms with Crippen molar-refractivity contribution in [2.45, 2.75) is 76.9 Å². The van der Waals surface area contributed by atoms with Gasteiger partial charge in [-0.25, -0.2) is 4.79 Å². The first-order valence-electron chi connectivity index (χ1n) is 9.33. The average Bonchev–Trinajstić information content (AvgIpc) is 2.84. The van der Waals surface area contributed by atoms with E-state index in [2.05, 4.69) is 26.0 Å². The van der Waals surface area contributed by atoms with Crippen molar-refractivity contribution in [3.05, 3.63) is 23.5 Å². The van der Waals surface area contributed by atoms with Gasteiger partial charge in [0.25, 0.3) is 0 Å². The van der Waals surface area contributed by atoms with Gasteiger partial charge in [-0.3, -0.25) is 4.79 Å². The first-order chi connectivity index (χ1) is 11.5. The molecule has 130 valence electrons. The van der Waals surface area contributed by atoms with Crippen molar-refractivity contribution in [1.29, 1.82) is 0 Å². The van der Waals surface area contributed by atoms with Gasteiger partial charge in [0.15, 0.2) is 17.1 Å². The lowest BCUT2D eigenvalue weighted by molar-refractivity contribution is -0.198. The van der Waals surface area contributed by atoms with Crippen LogP contribution in [0, 0.1) is 11.3 Å². The monoisotopic (exact) mass is 330 g/mol. The molecule has 0 aromatic carbocycles. The van der Waals surface area contributed by atoms with Crippen LogP contribution in [0.5, 0.6) is 0 Å². The van der Waals surface area contributed by atoms with Crippen LogP contribution in [0.15, 0.2) is 23.5 Å². The Bertz CT molecular complexity index is 646. The van der Waals surface area contributed by atoms with E-state index in [0.29, 0.717) is 18.1 Å². The number of carbonyl (C=O) groups excluding carboxylic acids is 2. The second kappa shape index (κ2) is 5.47. The van der Waals surface area contributed by atoms with Crippen LogP contribution in [-0.2, 0) is 19.1 Å². The zero-order valence-corrected chi connectivity index (χ0v) is 14.6. The summed E-state index contributed by atoms with van der Waals surface area (Å²) in [4.78, 5) is 25.0. The van der Waals surface area contributed by atoms with E-state index in [4.69, 9.17) is 9.47 Å². The Kier molecular flexibility index (Phi) is 3.63. The minimum absolute atomic E-state index is 0.0936. The van der Waals surface area contributed by atoms with Crippen molar-refractivity contribution in [3.63, 3.8) is 0 Å². The molecule has 1 spiro atoms. The van der Waals surface area contributed by atoms with Crippen LogP contribution in [-0.4, -0.2) is 23.5 Å². The number of Topliss-reactive ketones (excluding diaryl/α,β-unsaturated/α-hetero) is 1. The molecule has 4 atom stereocenters. The minimum Gasteiger partial charge on any atom is -0.489 e. The number of ketones is 1. The van der Waals surface area contributed by atoms with E-state index < -0.39 is 11.6 Å². The Labute approximate surface area is 143 Å². The molecule has 0 saturated heterocycles. The standard InChI is InChI=1S/C20H26O4/c1-13-12-20-17-16(18(22)24-20)15(21)11-14(23-17)9-7-5-3-4-6-8-10-19(13,20)2/h8,10,13-14H,3-7,9,11-12H2,1-2H3/b10-8+/t13-,14-,19-,20+/m0/s1. The molecule has 0 aromatic rings. The first-order valence-corrected chi connectivity index (χ1v) is 9.33. The van der Waals surface area contributed by atoms with Crippen molar-refractivity contribution in [2.75, 3.05) is 0 Å². The summed E-state index contributed by atoms with van der Waals surface area (Å²) in [6.45, 7) is 4.32. The van der Waals surface area contributed by atoms with Crippen LogP contribution in [0.4, 0.5) is 0 Å². The zero-order valence-electron chi connectivity index (χ0n) is 14.6. The Morgan fingerprint density at radius 1 is 1.17 bits per heavy atom. The van der Waals surface area contributed by atoms with Gasteiger partial charge in [-0.15, -0.1) is 0 Å². The third-order valence-electron chi connectivity index (χ3n) is 6.64. The highest BCUT2D eigenvalue weighted by atomic mass is 16.6. The van der Waals surface area contributed by atoms with Crippen molar-refractivity contribution >= 4 is 11.8 Å². The van der Waals surface area contributed by atoms with Crippen LogP contribution in [0.25, 0.3) is 0 Å². The molecule has 3 heterocycles. The van der Waals surface area contributed by atoms with E-state index in [1.165, 1.54) is 19.3 Å². The van der Waals surface area contributed by atoms with E-state index in [1.807, 2.05) is 0 Å². The van der Waals surface area contributed by atoms with Gasteiger partial charge >= 0.3 is 5.97 Å². The number of hydrogen-bond acceptors (Lipinski definition) is 4. The molecule has 0 amide bonds. The average molecular weight is 330 g/mol. The number of rotatable bonds is 0. The van der Waals surface area contributed by atoms with Gasteiger partial charge in [-0.1, -0.05) is 38.8 Å². The summed E-state index contributed by atoms with van der Waals surface area (Å²) in [6, 6.07) is 0. The van der Waals surface area contributed by atoms with Gasteiger partial charge in [-0.05, 0) is 38.0 Å². The van der Waals surface area contributed by atoms with Crippen LogP contribution < -0.4 is 0 Å². The molecule has 1 fully saturated rings. The van der Waals surface area contributed by atoms with Crippen LogP contribution >= 0.6 is 0 Å². The Morgan fingerprint density at radius 3 is 2.75 bits per heavy atom. The molecule has 2 bridgehead atoms. The molecule has 0 unspecified atom stereocenters. The lowest BCUT2D eigenvalue weighted by atomic mass is 9.50. The quantitative estimate of drug-likeness (QED) is 0.384. The number of hydrogen-bond donors (Lipinski definition) is 0. The molecular formula is C20H26O4. The van der Waals surface area contributed by atoms with E-state index in [-0.39, 0.29) is 22.9 Å². The maximum atomic E-state index is 12.6. The molecule has 1 aliphatic carbocycles. The lowest BCUT2D eigenvalue weighted by Crippen LogP contribution is -2.62. The molecule has 0 N–H and O–H groups in total. The van der Waals surface area contributed by atoms with E-state index in [0.717, 1.165) is 25.7 Å². The lowest BCUT2D eigenvalue weighted by Gasteiger charge is -2.58. The van der Waals surface area contributed by atoms with Crippen LogP contribution in [0.2, 0.25) is 0 Å². The topological polar surface area (TPSA) is 52.6 Å². The Balaban J connectivity index is 1.78. The molecule has 1 saturated carbocycles. The Morgan fingerprint density at radius 2 is 1.96 bits per heavy atom. The highest BCUT2D eigenvalue weighted by Crippen LogP contribution is 2.64. The molecule has 0 aromatic heterocycles. The van der Waals surface area contributed by atoms with E-state index in [9.17, 15) is 9.59 Å². The fraction of sp³-hybridized carbons (Fsp3) is 0.700. The van der Waals surface area contributed by atoms with Gasteiger partial charge in [0.2, 0.25) is 0 Å². The second-order valence-electron chi connectivity index (χ2n) is 8.07. The number of ether oxygens (including phenoxy) is 2. The molecule has 4 heteroatoms. The third-order valence-corrected chi connectivity index (χ3v) is 6.64. The fourth-order valence-corrected chi connectivity index (χ4v) is 4.86. The van der Waals surface area contributed by atoms with Crippen LogP contribution in [0.1, 0.15) is 65.2 Å². The molecule has 4 nitrogen and oxygen atoms in total. The number of esters is 1. The van der Waals surface area contributed by atoms with Gasteiger partial charge in [-0.2, -0.15) is 0 Å². The summed E-state index contributed by atoms with van der Waals surface area (Å²) < 4.78 is 12.1. The van der Waals surface area contributed by atoms with Crippen molar-refractivity contribution < 1.29 is 19.1 Å². The zero-order chi connectivity index (χ0) is 16.9. The van der Waals surface area contributed by atoms with E-state index >= 15 is 0 Å². The number of carbonyl (C=O) groups is 2. The smallest absolute Gasteiger partial charge is 0.346 e. The fourth-order valence-electron chi connectivity index (χ4n) is 4.86. The predicted octanol–water partition coefficient (Wildman–Crippen LogP) is 3.85. The molecule has 4 aliphatic rings. The summed E-state index contributed by atoms with van der Waals surface area (Å²) >= 11 is 0. The summed E-state index contributed by atoms with van der Waals surface area (Å²) in [5.74, 6) is 0.354. The summed E-state index contributed by atoms with van der Waals surface area (Å²) in [7, 11) is 0. The van der Waals surface area contributed by atoms with Gasteiger partial charge in [0.1, 0.15) is 11.7 Å². The summed E-state index contributed by atoms with van der Waals surface area (Å²) in [5, 5.41) is 0. The van der Waals surface area contributed by atoms with E-state index in [1.54, 1.807) is 0 Å². The minimum atomic E-state index is -0.766. The van der Waals surface area contributed by atoms with Gasteiger partial charge in [0, 0.05) is 11.8 Å². The Hall–Kier alpha value is -1.58. The first kappa shape index (κ1) is 15.9. The van der Waals surface area contributed by atoms with Gasteiger partial charge < -0.3 is 9.47 Å². The molecule has 24 heavy (non-hydrogen) atoms. The number of fused-ring (bicyclic) bond motifs is 1. The maximum absolute atomic E-state index is 12.6. The molecule has 4 rings (SSSR count). The molecular weight excluding hydrogens is 304 g/mol. The molecule has 3 aliphatic heterocycles. The summed E-state index contributed by atoms with van der Waals surface area (Å²) in [6.07, 6.45) is 12.0. The highest BCUT2D eigenvalue weighted by Gasteiger charge is 2.70. The third kappa shape index (κ3) is 2.04. The molecule has 0 radical (unpaired) electrons. The maximum Gasteiger partial charge on any atom is 0.346 e. The van der Waals surface area contributed by atoms with Gasteiger partial charge in [0.05, 0.1) is 0 Å². The van der Waals surface area contributed by atoms with Crippen molar-refractivity contribution in [3.8, 4) is 0 Å². The van der Waals surface area contributed by atoms with Crippen LogP contribution in [0.3, 0.4) is 0 Å². The predicted molar refractivity (Wildman–Crippen MR) is 89.1 cm³/mol. The normalized spacial score (nSPS) is 43.4. The van der Waals surface area contributed by atoms with Crippen molar-refractivity contribution in [1.82, 2.24) is 0 Å². The number of allylic oxidation sites excluding steroid dienone is 1. The van der Waals surface area contributed by atoms with Crippen molar-refractivity contribution in [2.24, 2.45) is 11.3 Å². The summed E-state index contributed by atoms with van der Waals surface area (Å²) in [5.41, 5.74) is -0.874. The highest BCUT2D eigenvalue weighted by molar-refractivity contribution is 6.20. The SMILES string of the molecule is C[C@H]1C[C@@]23OC(=O)C4=C2O[C@@H](CCCCCC/C=C/[C@@]13C)CC4=O. The second-order valence-corrected chi connectivity index (χ2v) is 8.07.